The van der Waals surface area contributed by atoms with Crippen LogP contribution in [0.1, 0.15) is 5.69 Å². The molecule has 0 aliphatic rings. The number of hydrogen-bond donors (Lipinski definition) is 2. The highest BCUT2D eigenvalue weighted by Gasteiger charge is 2.03. The molecule has 1 aromatic rings. The molecule has 1 heterocycles. The van der Waals surface area contributed by atoms with E-state index in [9.17, 15) is 0 Å². The lowest BCUT2D eigenvalue weighted by atomic mass is 10.2. The molecule has 1 aromatic heterocycles. The van der Waals surface area contributed by atoms with E-state index in [0.717, 1.165) is 5.69 Å². The first-order valence-electron chi connectivity index (χ1n) is 3.70. The van der Waals surface area contributed by atoms with Gasteiger partial charge in [0.25, 0.3) is 0 Å². The van der Waals surface area contributed by atoms with Gasteiger partial charge in [-0.15, -0.1) is 0 Å². The fourth-order valence-electron chi connectivity index (χ4n) is 0.964. The lowest BCUT2D eigenvalue weighted by Crippen LogP contribution is -2.05. The van der Waals surface area contributed by atoms with Gasteiger partial charge in [-0.05, 0) is 6.54 Å². The zero-order valence-corrected chi connectivity index (χ0v) is 6.95. The molecule has 0 fully saturated rings. The van der Waals surface area contributed by atoms with E-state index in [1.165, 1.54) is 19.4 Å². The average Bonchev–Trinajstić information content (AvgIpc) is 2.08. The van der Waals surface area contributed by atoms with Crippen molar-refractivity contribution in [1.29, 1.82) is 0 Å². The molecule has 12 heavy (non-hydrogen) atoms. The minimum Gasteiger partial charge on any atom is -0.506 e. The maximum absolute atomic E-state index is 9.06. The number of nitrogens with two attached hydrogens (primary N) is 1. The molecule has 4 heteroatoms. The topological polar surface area (TPSA) is 68.4 Å². The van der Waals surface area contributed by atoms with Crippen LogP contribution in [0, 0.1) is 0 Å². The highest BCUT2D eigenvalue weighted by Crippen LogP contribution is 2.20. The monoisotopic (exact) mass is 168 g/mol. The van der Waals surface area contributed by atoms with Crippen LogP contribution in [0.2, 0.25) is 0 Å². The van der Waals surface area contributed by atoms with Crippen LogP contribution in [0.4, 0.5) is 0 Å². The second kappa shape index (κ2) is 3.92. The molecule has 4 nitrogen and oxygen atoms in total. The first kappa shape index (κ1) is 8.80. The molecule has 0 radical (unpaired) electrons. The van der Waals surface area contributed by atoms with Crippen LogP contribution in [0.3, 0.4) is 0 Å². The highest BCUT2D eigenvalue weighted by atomic mass is 16.5. The molecule has 0 spiro atoms. The summed E-state index contributed by atoms with van der Waals surface area (Å²) >= 11 is 0. The Morgan fingerprint density at radius 1 is 1.67 bits per heavy atom. The molecule has 0 aliphatic carbocycles. The first-order valence-corrected chi connectivity index (χ1v) is 3.70. The van der Waals surface area contributed by atoms with Gasteiger partial charge in [-0.1, -0.05) is 0 Å². The van der Waals surface area contributed by atoms with Crippen molar-refractivity contribution in [2.75, 3.05) is 13.7 Å². The average molecular weight is 168 g/mol. The van der Waals surface area contributed by atoms with Crippen LogP contribution in [-0.2, 0) is 6.42 Å². The van der Waals surface area contributed by atoms with Gasteiger partial charge in [0.05, 0.1) is 19.0 Å². The van der Waals surface area contributed by atoms with E-state index < -0.39 is 0 Å². The smallest absolute Gasteiger partial charge is 0.144 e. The van der Waals surface area contributed by atoms with E-state index in [0.29, 0.717) is 18.7 Å². The van der Waals surface area contributed by atoms with E-state index >= 15 is 0 Å². The van der Waals surface area contributed by atoms with Gasteiger partial charge in [0.15, 0.2) is 0 Å². The van der Waals surface area contributed by atoms with Crippen LogP contribution >= 0.6 is 0 Å². The minimum atomic E-state index is 0.104. The largest absolute Gasteiger partial charge is 0.506 e. The molecule has 66 valence electrons. The van der Waals surface area contributed by atoms with Gasteiger partial charge in [0.1, 0.15) is 11.5 Å². The summed E-state index contributed by atoms with van der Waals surface area (Å²) in [4.78, 5) is 3.98. The summed E-state index contributed by atoms with van der Waals surface area (Å²) in [6.45, 7) is 0.522. The van der Waals surface area contributed by atoms with Gasteiger partial charge >= 0.3 is 0 Å². The van der Waals surface area contributed by atoms with Gasteiger partial charge in [-0.2, -0.15) is 0 Å². The van der Waals surface area contributed by atoms with Crippen LogP contribution in [0.15, 0.2) is 12.3 Å². The SMILES string of the molecule is COc1cc(O)cnc1CCN. The minimum absolute atomic E-state index is 0.104. The molecule has 0 atom stereocenters. The Hall–Kier alpha value is -1.29. The fraction of sp³-hybridized carbons (Fsp3) is 0.375. The number of hydrogen-bond acceptors (Lipinski definition) is 4. The summed E-state index contributed by atoms with van der Waals surface area (Å²) in [7, 11) is 1.54. The Labute approximate surface area is 71.0 Å². The van der Waals surface area contributed by atoms with Crippen molar-refractivity contribution in [1.82, 2.24) is 4.98 Å². The summed E-state index contributed by atoms with van der Waals surface area (Å²) in [5.74, 6) is 0.688. The summed E-state index contributed by atoms with van der Waals surface area (Å²) in [6, 6.07) is 1.53. The molecule has 0 bridgehead atoms. The molecular weight excluding hydrogens is 156 g/mol. The van der Waals surface area contributed by atoms with Crippen molar-refractivity contribution in [3.63, 3.8) is 0 Å². The number of aromatic nitrogens is 1. The number of ether oxygens (including phenoxy) is 1. The van der Waals surface area contributed by atoms with Crippen molar-refractivity contribution >= 4 is 0 Å². The van der Waals surface area contributed by atoms with Crippen LogP contribution in [0.25, 0.3) is 0 Å². The standard InChI is InChI=1S/C8H12N2O2/c1-12-8-4-6(11)5-10-7(8)2-3-9/h4-5,11H,2-3,9H2,1H3. The Kier molecular flexibility index (Phi) is 2.88. The molecule has 0 saturated heterocycles. The maximum atomic E-state index is 9.06. The van der Waals surface area contributed by atoms with Crippen molar-refractivity contribution < 1.29 is 9.84 Å². The summed E-state index contributed by atoms with van der Waals surface area (Å²) in [5, 5.41) is 9.06. The quantitative estimate of drug-likeness (QED) is 0.681. The molecule has 0 aromatic carbocycles. The predicted octanol–water partition coefficient (Wildman–Crippen LogP) is 0.297. The molecular formula is C8H12N2O2. The third-order valence-corrected chi connectivity index (χ3v) is 1.52. The Bertz CT molecular complexity index is 263. The van der Waals surface area contributed by atoms with E-state index in [1.54, 1.807) is 0 Å². The normalized spacial score (nSPS) is 9.83. The fourth-order valence-corrected chi connectivity index (χ4v) is 0.964. The van der Waals surface area contributed by atoms with Gasteiger partial charge in [0.2, 0.25) is 0 Å². The van der Waals surface area contributed by atoms with Gasteiger partial charge < -0.3 is 15.6 Å². The lowest BCUT2D eigenvalue weighted by Gasteiger charge is -2.05. The van der Waals surface area contributed by atoms with Crippen molar-refractivity contribution in [2.45, 2.75) is 6.42 Å². The van der Waals surface area contributed by atoms with Gasteiger partial charge in [0, 0.05) is 12.5 Å². The highest BCUT2D eigenvalue weighted by molar-refractivity contribution is 5.34. The second-order valence-electron chi connectivity index (χ2n) is 2.38. The molecule has 0 amide bonds. The molecule has 1 rings (SSSR count). The molecule has 0 saturated carbocycles. The summed E-state index contributed by atoms with van der Waals surface area (Å²) in [5.41, 5.74) is 6.14. The number of aromatic hydroxyl groups is 1. The predicted molar refractivity (Wildman–Crippen MR) is 45.2 cm³/mol. The number of nitrogens with zero attached hydrogens (tertiary/aromatic N) is 1. The van der Waals surface area contributed by atoms with E-state index in [1.807, 2.05) is 0 Å². The van der Waals surface area contributed by atoms with Gasteiger partial charge in [-0.25, -0.2) is 0 Å². The van der Waals surface area contributed by atoms with E-state index in [4.69, 9.17) is 15.6 Å². The van der Waals surface area contributed by atoms with Crippen LogP contribution in [0.5, 0.6) is 11.5 Å². The number of methoxy groups -OCH3 is 1. The Morgan fingerprint density at radius 2 is 2.42 bits per heavy atom. The third-order valence-electron chi connectivity index (χ3n) is 1.52. The van der Waals surface area contributed by atoms with E-state index in [2.05, 4.69) is 4.98 Å². The molecule has 3 N–H and O–H groups in total. The third kappa shape index (κ3) is 1.85. The summed E-state index contributed by atoms with van der Waals surface area (Å²) < 4.78 is 5.00. The van der Waals surface area contributed by atoms with Crippen molar-refractivity contribution in [3.8, 4) is 11.5 Å². The second-order valence-corrected chi connectivity index (χ2v) is 2.38. The van der Waals surface area contributed by atoms with Gasteiger partial charge in [-0.3, -0.25) is 4.98 Å². The van der Waals surface area contributed by atoms with Crippen LogP contribution < -0.4 is 10.5 Å². The van der Waals surface area contributed by atoms with Crippen molar-refractivity contribution in [3.05, 3.63) is 18.0 Å². The Morgan fingerprint density at radius 3 is 3.00 bits per heavy atom. The Balaban J connectivity index is 2.94. The lowest BCUT2D eigenvalue weighted by molar-refractivity contribution is 0.398. The zero-order valence-electron chi connectivity index (χ0n) is 6.95. The number of rotatable bonds is 3. The van der Waals surface area contributed by atoms with Crippen LogP contribution in [-0.4, -0.2) is 23.7 Å². The number of pyridine rings is 1. The molecule has 0 aliphatic heterocycles. The molecule has 0 unspecified atom stereocenters. The first-order chi connectivity index (χ1) is 5.77. The van der Waals surface area contributed by atoms with E-state index in [-0.39, 0.29) is 5.75 Å². The zero-order chi connectivity index (χ0) is 8.97. The van der Waals surface area contributed by atoms with Crippen molar-refractivity contribution in [2.24, 2.45) is 5.73 Å². The maximum Gasteiger partial charge on any atom is 0.144 e. The summed E-state index contributed by atoms with van der Waals surface area (Å²) in [6.07, 6.45) is 2.04.